The molecule has 3 aromatic rings. The lowest BCUT2D eigenvalue weighted by Crippen LogP contribution is -2.18. The van der Waals surface area contributed by atoms with Crippen molar-refractivity contribution in [3.63, 3.8) is 0 Å². The van der Waals surface area contributed by atoms with Gasteiger partial charge in [0, 0.05) is 22.3 Å². The monoisotopic (exact) mass is 505 g/mol. The Labute approximate surface area is 201 Å². The Bertz CT molecular complexity index is 1380. The molecule has 0 bridgehead atoms. The highest BCUT2D eigenvalue weighted by molar-refractivity contribution is 7.92. The number of hydrogen-bond acceptors (Lipinski definition) is 4. The largest absolute Gasteiger partial charge is 0.345 e. The predicted molar refractivity (Wildman–Crippen MR) is 132 cm³/mol. The molecule has 1 heterocycles. The van der Waals surface area contributed by atoms with Gasteiger partial charge in [-0.05, 0) is 61.5 Å². The van der Waals surface area contributed by atoms with Gasteiger partial charge in [-0.2, -0.15) is 0 Å². The zero-order valence-electron chi connectivity index (χ0n) is 18.5. The molecule has 2 N–H and O–H groups in total. The minimum absolute atomic E-state index is 0.0536. The van der Waals surface area contributed by atoms with E-state index in [1.54, 1.807) is 44.2 Å². The summed E-state index contributed by atoms with van der Waals surface area (Å²) in [6.07, 6.45) is 3.22. The van der Waals surface area contributed by atoms with Gasteiger partial charge in [-0.1, -0.05) is 30.7 Å². The molecule has 0 fully saturated rings. The van der Waals surface area contributed by atoms with Crippen LogP contribution >= 0.6 is 11.6 Å². The third-order valence-corrected chi connectivity index (χ3v) is 6.75. The third-order valence-electron chi connectivity index (χ3n) is 5.02. The first-order valence-electron chi connectivity index (χ1n) is 10.2. The number of nitrogens with zero attached hydrogens (tertiary/aromatic N) is 1. The number of H-pyrrole nitrogens is 1. The number of aromatic nitrogens is 1. The van der Waals surface area contributed by atoms with Gasteiger partial charge in [0.2, 0.25) is 15.8 Å². The molecule has 2 aromatic carbocycles. The summed E-state index contributed by atoms with van der Waals surface area (Å²) >= 11 is 5.94. The summed E-state index contributed by atoms with van der Waals surface area (Å²) in [7, 11) is -3.86. The van der Waals surface area contributed by atoms with E-state index in [4.69, 9.17) is 11.6 Å². The summed E-state index contributed by atoms with van der Waals surface area (Å²) in [6, 6.07) is 8.77. The van der Waals surface area contributed by atoms with Crippen molar-refractivity contribution in [1.82, 2.24) is 4.98 Å². The second kappa shape index (κ2) is 10.3. The highest BCUT2D eigenvalue weighted by Crippen LogP contribution is 2.32. The number of sulfonamides is 1. The summed E-state index contributed by atoms with van der Waals surface area (Å²) in [4.78, 5) is 19.9. The Hall–Kier alpha value is -3.30. The van der Waals surface area contributed by atoms with Crippen molar-refractivity contribution in [2.75, 3.05) is 10.5 Å². The molecule has 3 rings (SSSR count). The molecule has 0 amide bonds. The minimum atomic E-state index is -3.86. The number of aliphatic imine (C=N–C) groups is 1. The van der Waals surface area contributed by atoms with Gasteiger partial charge in [0.1, 0.15) is 11.6 Å². The molecule has 0 atom stereocenters. The average Bonchev–Trinajstić information content (AvgIpc) is 3.18. The summed E-state index contributed by atoms with van der Waals surface area (Å²) in [5, 5.41) is 0.558. The molecular weight excluding hydrogens is 484 g/mol. The van der Waals surface area contributed by atoms with Crippen molar-refractivity contribution in [1.29, 1.82) is 0 Å². The topological polar surface area (TPSA) is 91.4 Å². The van der Waals surface area contributed by atoms with Crippen molar-refractivity contribution in [2.24, 2.45) is 4.99 Å². The number of rotatable bonds is 9. The summed E-state index contributed by atoms with van der Waals surface area (Å²) < 4.78 is 56.0. The van der Waals surface area contributed by atoms with Crippen molar-refractivity contribution < 1.29 is 22.0 Å². The van der Waals surface area contributed by atoms with Gasteiger partial charge in [-0.25, -0.2) is 22.2 Å². The SMILES string of the molecule is C=Nc1[nH]cc(C(=O)c2c(F)ccc(NS(=O)(=O)CCC)c2F)c1/C=C(\C)c1ccc(Cl)cc1. The lowest BCUT2D eigenvalue weighted by atomic mass is 9.97. The van der Waals surface area contributed by atoms with E-state index in [9.17, 15) is 17.6 Å². The standard InChI is InChI=1S/C24H22ClF2N3O3S/c1-4-11-34(32,33)30-20-10-9-19(26)21(22(20)27)23(31)18-13-29-24(28-3)17(18)12-14(2)15-5-7-16(25)8-6-15/h5-10,12-13,29-30H,3-4,11H2,1-2H3/b14-12+. The molecule has 0 aliphatic heterocycles. The lowest BCUT2D eigenvalue weighted by molar-refractivity contribution is 0.103. The minimum Gasteiger partial charge on any atom is -0.345 e. The van der Waals surface area contributed by atoms with Crippen molar-refractivity contribution >= 4 is 57.3 Å². The maximum absolute atomic E-state index is 15.2. The molecule has 10 heteroatoms. The number of benzene rings is 2. The Morgan fingerprint density at radius 2 is 1.88 bits per heavy atom. The van der Waals surface area contributed by atoms with Gasteiger partial charge >= 0.3 is 0 Å². The van der Waals surface area contributed by atoms with Gasteiger partial charge in [-0.3, -0.25) is 9.52 Å². The molecule has 0 saturated heterocycles. The van der Waals surface area contributed by atoms with E-state index in [0.717, 1.165) is 23.3 Å². The van der Waals surface area contributed by atoms with Crippen LogP contribution in [0.1, 0.15) is 47.3 Å². The normalized spacial score (nSPS) is 12.0. The summed E-state index contributed by atoms with van der Waals surface area (Å²) in [5.41, 5.74) is 0.376. The molecule has 34 heavy (non-hydrogen) atoms. The first-order chi connectivity index (χ1) is 16.1. The fourth-order valence-corrected chi connectivity index (χ4v) is 4.62. The second-order valence-corrected chi connectivity index (χ2v) is 9.77. The van der Waals surface area contributed by atoms with E-state index < -0.39 is 38.7 Å². The van der Waals surface area contributed by atoms with E-state index >= 15 is 4.39 Å². The molecular formula is C24H22ClF2N3O3S. The molecule has 178 valence electrons. The molecule has 0 aliphatic rings. The van der Waals surface area contributed by atoms with Crippen LogP contribution in [-0.2, 0) is 10.0 Å². The number of aromatic amines is 1. The van der Waals surface area contributed by atoms with E-state index in [0.29, 0.717) is 11.4 Å². The number of halogens is 3. The Morgan fingerprint density at radius 3 is 2.50 bits per heavy atom. The van der Waals surface area contributed by atoms with Crippen molar-refractivity contribution in [3.05, 3.63) is 81.5 Å². The van der Waals surface area contributed by atoms with E-state index in [-0.39, 0.29) is 22.7 Å². The molecule has 0 saturated carbocycles. The van der Waals surface area contributed by atoms with Crippen molar-refractivity contribution in [3.8, 4) is 0 Å². The van der Waals surface area contributed by atoms with Crippen LogP contribution in [0.4, 0.5) is 20.3 Å². The molecule has 0 radical (unpaired) electrons. The maximum atomic E-state index is 15.2. The lowest BCUT2D eigenvalue weighted by Gasteiger charge is -2.12. The molecule has 0 spiro atoms. The Balaban J connectivity index is 2.09. The van der Waals surface area contributed by atoms with Crippen molar-refractivity contribution in [2.45, 2.75) is 20.3 Å². The van der Waals surface area contributed by atoms with Gasteiger partial charge in [0.05, 0.1) is 17.0 Å². The highest BCUT2D eigenvalue weighted by Gasteiger charge is 2.26. The van der Waals surface area contributed by atoms with Crippen LogP contribution in [0.3, 0.4) is 0 Å². The smallest absolute Gasteiger partial charge is 0.232 e. The van der Waals surface area contributed by atoms with Crippen LogP contribution in [0.15, 0.2) is 47.6 Å². The average molecular weight is 506 g/mol. The fourth-order valence-electron chi connectivity index (χ4n) is 3.36. The number of carbonyl (C=O) groups is 1. The Morgan fingerprint density at radius 1 is 1.21 bits per heavy atom. The predicted octanol–water partition coefficient (Wildman–Crippen LogP) is 6.22. The zero-order chi connectivity index (χ0) is 25.0. The van der Waals surface area contributed by atoms with Gasteiger partial charge in [0.25, 0.3) is 0 Å². The number of carbonyl (C=O) groups excluding carboxylic acids is 1. The van der Waals surface area contributed by atoms with Gasteiger partial charge in [0.15, 0.2) is 5.82 Å². The molecule has 0 unspecified atom stereocenters. The maximum Gasteiger partial charge on any atom is 0.232 e. The third kappa shape index (κ3) is 5.43. The van der Waals surface area contributed by atoms with Crippen LogP contribution < -0.4 is 4.72 Å². The van der Waals surface area contributed by atoms with Crippen LogP contribution in [0.5, 0.6) is 0 Å². The van der Waals surface area contributed by atoms with Crippen LogP contribution in [0, 0.1) is 11.6 Å². The quantitative estimate of drug-likeness (QED) is 0.267. The fraction of sp³-hybridized carbons (Fsp3) is 0.167. The first-order valence-corrected chi connectivity index (χ1v) is 12.3. The van der Waals surface area contributed by atoms with Gasteiger partial charge < -0.3 is 4.98 Å². The van der Waals surface area contributed by atoms with Crippen LogP contribution in [0.25, 0.3) is 11.6 Å². The molecule has 6 nitrogen and oxygen atoms in total. The number of anilines is 1. The first kappa shape index (κ1) is 25.3. The van der Waals surface area contributed by atoms with Crippen LogP contribution in [0.2, 0.25) is 5.02 Å². The highest BCUT2D eigenvalue weighted by atomic mass is 35.5. The van der Waals surface area contributed by atoms with E-state index in [2.05, 4.69) is 21.4 Å². The summed E-state index contributed by atoms with van der Waals surface area (Å²) in [5.74, 6) is -3.42. The number of nitrogens with one attached hydrogen (secondary N) is 2. The molecule has 0 aliphatic carbocycles. The Kier molecular flexibility index (Phi) is 7.68. The summed E-state index contributed by atoms with van der Waals surface area (Å²) in [6.45, 7) is 6.91. The van der Waals surface area contributed by atoms with E-state index in [1.165, 1.54) is 6.20 Å². The number of allylic oxidation sites excluding steroid dienone is 1. The zero-order valence-corrected chi connectivity index (χ0v) is 20.0. The molecule has 1 aromatic heterocycles. The second-order valence-electron chi connectivity index (χ2n) is 7.49. The van der Waals surface area contributed by atoms with Crippen LogP contribution in [-0.4, -0.2) is 31.7 Å². The van der Waals surface area contributed by atoms with Gasteiger partial charge in [-0.15, -0.1) is 0 Å². The number of hydrogen-bond donors (Lipinski definition) is 2. The number of ketones is 1. The van der Waals surface area contributed by atoms with E-state index in [1.807, 2.05) is 0 Å².